The van der Waals surface area contributed by atoms with Crippen LogP contribution >= 0.6 is 11.6 Å². The number of para-hydroxylation sites is 1. The van der Waals surface area contributed by atoms with Crippen LogP contribution < -0.4 is 0 Å². The molecule has 0 aliphatic heterocycles. The number of hydrogen-bond acceptors (Lipinski definition) is 2. The second kappa shape index (κ2) is 5.36. The highest BCUT2D eigenvalue weighted by atomic mass is 35.5. The Morgan fingerprint density at radius 2 is 1.89 bits per heavy atom. The number of aryl methyl sites for hydroxylation is 2. The molecule has 0 atom stereocenters. The van der Waals surface area contributed by atoms with E-state index in [-0.39, 0.29) is 0 Å². The Morgan fingerprint density at radius 3 is 2.39 bits per heavy atom. The van der Waals surface area contributed by atoms with Gasteiger partial charge < -0.3 is 0 Å². The zero-order valence-corrected chi connectivity index (χ0v) is 11.2. The smallest absolute Gasteiger partial charge is 0.270 e. The first-order chi connectivity index (χ1) is 8.69. The molecule has 1 aromatic carbocycles. The average Bonchev–Trinajstić information content (AvgIpc) is 2.86. The fourth-order valence-corrected chi connectivity index (χ4v) is 2.28. The third kappa shape index (κ3) is 2.18. The Labute approximate surface area is 111 Å². The summed E-state index contributed by atoms with van der Waals surface area (Å²) < 4.78 is 1.78. The summed E-state index contributed by atoms with van der Waals surface area (Å²) in [5.41, 5.74) is 3.81. The zero-order valence-electron chi connectivity index (χ0n) is 10.5. The second-order valence-electron chi connectivity index (χ2n) is 4.05. The van der Waals surface area contributed by atoms with E-state index in [2.05, 4.69) is 31.0 Å². The first-order valence-electron chi connectivity index (χ1n) is 6.02. The summed E-state index contributed by atoms with van der Waals surface area (Å²) in [6.07, 6.45) is 4.94. The molecule has 0 amide bonds. The van der Waals surface area contributed by atoms with Crippen molar-refractivity contribution in [3.63, 3.8) is 0 Å². The van der Waals surface area contributed by atoms with E-state index in [1.165, 1.54) is 17.3 Å². The van der Waals surface area contributed by atoms with Gasteiger partial charge in [0.1, 0.15) is 5.69 Å². The molecular formula is C14H15ClN2O. The van der Waals surface area contributed by atoms with Gasteiger partial charge in [0.05, 0.1) is 18.2 Å². The maximum Gasteiger partial charge on any atom is 0.270 e. The van der Waals surface area contributed by atoms with Crippen LogP contribution in [0.25, 0.3) is 5.69 Å². The van der Waals surface area contributed by atoms with E-state index in [1.807, 2.05) is 6.07 Å². The van der Waals surface area contributed by atoms with Gasteiger partial charge in [-0.3, -0.25) is 9.36 Å². The van der Waals surface area contributed by atoms with Gasteiger partial charge in [-0.2, -0.15) is 0 Å². The molecule has 3 nitrogen and oxygen atoms in total. The van der Waals surface area contributed by atoms with Crippen molar-refractivity contribution in [1.82, 2.24) is 9.55 Å². The van der Waals surface area contributed by atoms with Crippen LogP contribution in [0.1, 0.15) is 35.5 Å². The number of aromatic nitrogens is 2. The summed E-state index contributed by atoms with van der Waals surface area (Å²) in [5.74, 6) is 0. The SMILES string of the molecule is CCc1cccc(CC)c1-n1cncc1C(=O)Cl. The number of benzene rings is 1. The van der Waals surface area contributed by atoms with Crippen LogP contribution in [0.4, 0.5) is 0 Å². The molecule has 0 aliphatic carbocycles. The van der Waals surface area contributed by atoms with Crippen LogP contribution in [0.3, 0.4) is 0 Å². The summed E-state index contributed by atoms with van der Waals surface area (Å²) in [7, 11) is 0. The maximum absolute atomic E-state index is 11.4. The van der Waals surface area contributed by atoms with Crippen molar-refractivity contribution in [2.45, 2.75) is 26.7 Å². The fourth-order valence-electron chi connectivity index (χ4n) is 2.14. The van der Waals surface area contributed by atoms with Crippen LogP contribution in [0.2, 0.25) is 0 Å². The van der Waals surface area contributed by atoms with Gasteiger partial charge in [0.25, 0.3) is 5.24 Å². The number of imidazole rings is 1. The van der Waals surface area contributed by atoms with Gasteiger partial charge in [-0.15, -0.1) is 0 Å². The molecule has 0 saturated heterocycles. The molecule has 2 rings (SSSR count). The van der Waals surface area contributed by atoms with Crippen LogP contribution in [-0.4, -0.2) is 14.8 Å². The van der Waals surface area contributed by atoms with E-state index in [1.54, 1.807) is 10.9 Å². The van der Waals surface area contributed by atoms with E-state index >= 15 is 0 Å². The minimum Gasteiger partial charge on any atom is -0.295 e. The van der Waals surface area contributed by atoms with Crippen LogP contribution in [0.15, 0.2) is 30.7 Å². The lowest BCUT2D eigenvalue weighted by molar-refractivity contribution is 0.107. The first kappa shape index (κ1) is 12.8. The summed E-state index contributed by atoms with van der Waals surface area (Å²) in [6, 6.07) is 6.17. The van der Waals surface area contributed by atoms with Crippen molar-refractivity contribution in [2.24, 2.45) is 0 Å². The Hall–Kier alpha value is -1.61. The molecule has 0 aliphatic rings. The average molecular weight is 263 g/mol. The minimum absolute atomic E-state index is 0.410. The summed E-state index contributed by atoms with van der Waals surface area (Å²) in [6.45, 7) is 4.19. The Balaban J connectivity index is 2.69. The number of halogens is 1. The van der Waals surface area contributed by atoms with Crippen molar-refractivity contribution in [2.75, 3.05) is 0 Å². The number of nitrogens with zero attached hydrogens (tertiary/aromatic N) is 2. The largest absolute Gasteiger partial charge is 0.295 e. The highest BCUT2D eigenvalue weighted by Crippen LogP contribution is 2.23. The second-order valence-corrected chi connectivity index (χ2v) is 4.40. The lowest BCUT2D eigenvalue weighted by Crippen LogP contribution is -2.07. The number of carbonyl (C=O) groups excluding carboxylic acids is 1. The molecule has 0 spiro atoms. The van der Waals surface area contributed by atoms with Gasteiger partial charge >= 0.3 is 0 Å². The Bertz CT molecular complexity index is 553. The lowest BCUT2D eigenvalue weighted by Gasteiger charge is -2.15. The molecule has 4 heteroatoms. The molecule has 0 fully saturated rings. The molecule has 0 saturated carbocycles. The van der Waals surface area contributed by atoms with Crippen LogP contribution in [-0.2, 0) is 12.8 Å². The van der Waals surface area contributed by atoms with Gasteiger partial charge in [0.15, 0.2) is 0 Å². The predicted molar refractivity (Wildman–Crippen MR) is 72.5 cm³/mol. The van der Waals surface area contributed by atoms with Crippen LogP contribution in [0, 0.1) is 0 Å². The van der Waals surface area contributed by atoms with E-state index < -0.39 is 5.24 Å². The van der Waals surface area contributed by atoms with Crippen molar-refractivity contribution >= 4 is 16.8 Å². The zero-order chi connectivity index (χ0) is 13.1. The maximum atomic E-state index is 11.4. The van der Waals surface area contributed by atoms with Crippen LogP contribution in [0.5, 0.6) is 0 Å². The number of rotatable bonds is 4. The number of carbonyl (C=O) groups is 1. The highest BCUT2D eigenvalue weighted by Gasteiger charge is 2.15. The van der Waals surface area contributed by atoms with Crippen molar-refractivity contribution in [1.29, 1.82) is 0 Å². The van der Waals surface area contributed by atoms with Crippen molar-refractivity contribution in [3.05, 3.63) is 47.5 Å². The summed E-state index contributed by atoms with van der Waals surface area (Å²) in [5, 5.41) is -0.486. The fraction of sp³-hybridized carbons (Fsp3) is 0.286. The monoisotopic (exact) mass is 262 g/mol. The Kier molecular flexibility index (Phi) is 3.82. The van der Waals surface area contributed by atoms with E-state index in [9.17, 15) is 4.79 Å². The molecule has 1 heterocycles. The molecule has 94 valence electrons. The minimum atomic E-state index is -0.486. The molecule has 2 aromatic rings. The molecule has 0 bridgehead atoms. The topological polar surface area (TPSA) is 34.9 Å². The quantitative estimate of drug-likeness (QED) is 0.792. The molecule has 0 radical (unpaired) electrons. The van der Waals surface area contributed by atoms with E-state index in [0.717, 1.165) is 18.5 Å². The first-order valence-corrected chi connectivity index (χ1v) is 6.40. The summed E-state index contributed by atoms with van der Waals surface area (Å²) >= 11 is 5.59. The lowest BCUT2D eigenvalue weighted by atomic mass is 10.0. The summed E-state index contributed by atoms with van der Waals surface area (Å²) in [4.78, 5) is 15.4. The molecular weight excluding hydrogens is 248 g/mol. The standard InChI is InChI=1S/C14H15ClN2O/c1-3-10-6-5-7-11(4-2)13(10)17-9-16-8-12(17)14(15)18/h5-9H,3-4H2,1-2H3. The van der Waals surface area contributed by atoms with Gasteiger partial charge in [-0.25, -0.2) is 4.98 Å². The Morgan fingerprint density at radius 1 is 1.28 bits per heavy atom. The highest BCUT2D eigenvalue weighted by molar-refractivity contribution is 6.67. The van der Waals surface area contributed by atoms with E-state index in [4.69, 9.17) is 11.6 Å². The van der Waals surface area contributed by atoms with Crippen molar-refractivity contribution < 1.29 is 4.79 Å². The normalized spacial score (nSPS) is 10.6. The molecule has 1 aromatic heterocycles. The molecule has 18 heavy (non-hydrogen) atoms. The van der Waals surface area contributed by atoms with Gasteiger partial charge in [0, 0.05) is 0 Å². The number of hydrogen-bond donors (Lipinski definition) is 0. The van der Waals surface area contributed by atoms with Gasteiger partial charge in [0.2, 0.25) is 0 Å². The van der Waals surface area contributed by atoms with Crippen molar-refractivity contribution in [3.8, 4) is 5.69 Å². The van der Waals surface area contributed by atoms with Gasteiger partial charge in [-0.1, -0.05) is 32.0 Å². The van der Waals surface area contributed by atoms with Gasteiger partial charge in [-0.05, 0) is 35.6 Å². The third-order valence-corrected chi connectivity index (χ3v) is 3.24. The third-order valence-electron chi connectivity index (χ3n) is 3.05. The predicted octanol–water partition coefficient (Wildman–Crippen LogP) is 3.38. The molecule has 0 unspecified atom stereocenters. The molecule has 0 N–H and O–H groups in total. The van der Waals surface area contributed by atoms with E-state index in [0.29, 0.717) is 5.69 Å².